The van der Waals surface area contributed by atoms with Gasteiger partial charge in [-0.1, -0.05) is 39.8 Å². The number of hydrogen-bond donors (Lipinski definition) is 2. The molecule has 1 aliphatic rings. The summed E-state index contributed by atoms with van der Waals surface area (Å²) in [5.74, 6) is 5.87. The average molecular weight is 236 g/mol. The second-order valence-electron chi connectivity index (χ2n) is 6.12. The van der Waals surface area contributed by atoms with Crippen molar-refractivity contribution >= 4 is 0 Å². The molecule has 0 saturated heterocycles. The fraction of sp³-hybridized carbons (Fsp3) is 0.571. The quantitative estimate of drug-likeness (QED) is 0.625. The second kappa shape index (κ2) is 3.79. The highest BCUT2D eigenvalue weighted by Gasteiger charge is 2.67. The van der Waals surface area contributed by atoms with Crippen LogP contribution in [0.5, 0.6) is 0 Å². The molecule has 0 heterocycles. The summed E-state index contributed by atoms with van der Waals surface area (Å²) in [5, 5.41) is 0. The van der Waals surface area contributed by atoms with Gasteiger partial charge >= 0.3 is 0 Å². The number of halogens is 1. The van der Waals surface area contributed by atoms with E-state index in [0.29, 0.717) is 5.92 Å². The van der Waals surface area contributed by atoms with Crippen molar-refractivity contribution in [3.8, 4) is 0 Å². The predicted octanol–water partition coefficient (Wildman–Crippen LogP) is 3.01. The second-order valence-corrected chi connectivity index (χ2v) is 6.12. The molecule has 1 aromatic rings. The van der Waals surface area contributed by atoms with Gasteiger partial charge in [0, 0.05) is 6.04 Å². The normalized spacial score (nSPS) is 23.4. The molecule has 0 spiro atoms. The molecular weight excluding hydrogens is 215 g/mol. The van der Waals surface area contributed by atoms with Crippen LogP contribution in [0.2, 0.25) is 0 Å². The molecule has 94 valence electrons. The van der Waals surface area contributed by atoms with Crippen LogP contribution in [0, 0.1) is 22.6 Å². The highest BCUT2D eigenvalue weighted by atomic mass is 19.1. The lowest BCUT2D eigenvalue weighted by atomic mass is 9.97. The first-order valence-corrected chi connectivity index (χ1v) is 6.04. The summed E-state index contributed by atoms with van der Waals surface area (Å²) in [7, 11) is 0. The lowest BCUT2D eigenvalue weighted by Gasteiger charge is -2.18. The number of hydrogen-bond acceptors (Lipinski definition) is 2. The maximum absolute atomic E-state index is 13.3. The Morgan fingerprint density at radius 1 is 1.24 bits per heavy atom. The number of hydrazine groups is 1. The topological polar surface area (TPSA) is 38.0 Å². The molecule has 0 amide bonds. The third-order valence-electron chi connectivity index (χ3n) is 4.85. The van der Waals surface area contributed by atoms with Crippen molar-refractivity contribution in [3.05, 3.63) is 35.6 Å². The van der Waals surface area contributed by atoms with Gasteiger partial charge in [0.1, 0.15) is 5.82 Å². The van der Waals surface area contributed by atoms with Gasteiger partial charge in [-0.3, -0.25) is 11.3 Å². The zero-order valence-electron chi connectivity index (χ0n) is 10.9. The van der Waals surface area contributed by atoms with Crippen molar-refractivity contribution in [3.63, 3.8) is 0 Å². The molecule has 0 aromatic heterocycles. The Morgan fingerprint density at radius 3 is 2.24 bits per heavy atom. The van der Waals surface area contributed by atoms with E-state index in [9.17, 15) is 4.39 Å². The van der Waals surface area contributed by atoms with E-state index in [4.69, 9.17) is 5.84 Å². The molecule has 0 radical (unpaired) electrons. The molecule has 17 heavy (non-hydrogen) atoms. The highest BCUT2D eigenvalue weighted by Crippen LogP contribution is 2.72. The first-order chi connectivity index (χ1) is 7.82. The first-order valence-electron chi connectivity index (χ1n) is 6.04. The van der Waals surface area contributed by atoms with Crippen LogP contribution in [0.15, 0.2) is 24.3 Å². The van der Waals surface area contributed by atoms with E-state index >= 15 is 0 Å². The zero-order valence-corrected chi connectivity index (χ0v) is 10.9. The smallest absolute Gasteiger partial charge is 0.123 e. The maximum Gasteiger partial charge on any atom is 0.123 e. The van der Waals surface area contributed by atoms with E-state index in [1.165, 1.54) is 6.07 Å². The molecular formula is C14H21FN2. The van der Waals surface area contributed by atoms with E-state index in [1.807, 2.05) is 6.07 Å². The Hall–Kier alpha value is -0.930. The zero-order chi connectivity index (χ0) is 12.8. The van der Waals surface area contributed by atoms with Gasteiger partial charge in [-0.15, -0.1) is 0 Å². The van der Waals surface area contributed by atoms with Crippen LogP contribution >= 0.6 is 0 Å². The Labute approximate surface area is 102 Å². The molecule has 1 fully saturated rings. The van der Waals surface area contributed by atoms with E-state index in [0.717, 1.165) is 5.56 Å². The SMILES string of the molecule is CC1(C)C(C(NN)c2cccc(F)c2)C1(C)C. The Bertz CT molecular complexity index is 412. The molecule has 2 nitrogen and oxygen atoms in total. The van der Waals surface area contributed by atoms with E-state index in [2.05, 4.69) is 33.1 Å². The van der Waals surface area contributed by atoms with E-state index < -0.39 is 0 Å². The molecule has 0 bridgehead atoms. The molecule has 1 aromatic carbocycles. The summed E-state index contributed by atoms with van der Waals surface area (Å²) in [6.07, 6.45) is 0. The van der Waals surface area contributed by atoms with E-state index in [-0.39, 0.29) is 22.7 Å². The van der Waals surface area contributed by atoms with Gasteiger partial charge in [-0.25, -0.2) is 4.39 Å². The molecule has 3 N–H and O–H groups in total. The fourth-order valence-corrected chi connectivity index (χ4v) is 3.17. The number of benzene rings is 1. The summed E-state index contributed by atoms with van der Waals surface area (Å²) in [6.45, 7) is 8.95. The lowest BCUT2D eigenvalue weighted by Crippen LogP contribution is -2.31. The lowest BCUT2D eigenvalue weighted by molar-refractivity contribution is 0.416. The van der Waals surface area contributed by atoms with Crippen molar-refractivity contribution in [1.82, 2.24) is 5.43 Å². The number of nitrogens with one attached hydrogen (secondary N) is 1. The molecule has 0 aliphatic heterocycles. The standard InChI is InChI=1S/C14H21FN2/c1-13(2)12(14(13,3)4)11(17-16)9-6-5-7-10(15)8-9/h5-8,11-12,17H,16H2,1-4H3. The molecule has 1 atom stereocenters. The highest BCUT2D eigenvalue weighted by molar-refractivity contribution is 5.27. The number of rotatable bonds is 3. The molecule has 1 aliphatic carbocycles. The van der Waals surface area contributed by atoms with Crippen molar-refractivity contribution in [1.29, 1.82) is 0 Å². The van der Waals surface area contributed by atoms with Crippen LogP contribution in [-0.4, -0.2) is 0 Å². The third kappa shape index (κ3) is 1.78. The minimum absolute atomic E-state index is 0.00991. The van der Waals surface area contributed by atoms with Crippen LogP contribution in [0.4, 0.5) is 4.39 Å². The Morgan fingerprint density at radius 2 is 1.82 bits per heavy atom. The van der Waals surface area contributed by atoms with Gasteiger partial charge in [0.25, 0.3) is 0 Å². The average Bonchev–Trinajstić information content (AvgIpc) is 2.62. The van der Waals surface area contributed by atoms with Gasteiger partial charge in [0.05, 0.1) is 0 Å². The van der Waals surface area contributed by atoms with Crippen LogP contribution in [0.25, 0.3) is 0 Å². The molecule has 2 rings (SSSR count). The van der Waals surface area contributed by atoms with Crippen LogP contribution in [-0.2, 0) is 0 Å². The molecule has 1 unspecified atom stereocenters. The number of nitrogens with two attached hydrogens (primary N) is 1. The molecule has 3 heteroatoms. The predicted molar refractivity (Wildman–Crippen MR) is 67.5 cm³/mol. The van der Waals surface area contributed by atoms with Gasteiger partial charge in [-0.05, 0) is 34.4 Å². The summed E-state index contributed by atoms with van der Waals surface area (Å²) in [5.41, 5.74) is 4.22. The van der Waals surface area contributed by atoms with Crippen LogP contribution in [0.1, 0.15) is 39.3 Å². The Balaban J connectivity index is 2.31. The maximum atomic E-state index is 13.3. The van der Waals surface area contributed by atoms with Gasteiger partial charge < -0.3 is 0 Å². The summed E-state index contributed by atoms with van der Waals surface area (Å²) in [6, 6.07) is 6.70. The summed E-state index contributed by atoms with van der Waals surface area (Å²) >= 11 is 0. The fourth-order valence-electron chi connectivity index (χ4n) is 3.17. The van der Waals surface area contributed by atoms with Gasteiger partial charge in [-0.2, -0.15) is 0 Å². The van der Waals surface area contributed by atoms with Gasteiger partial charge in [0.15, 0.2) is 0 Å². The van der Waals surface area contributed by atoms with Crippen molar-refractivity contribution in [2.75, 3.05) is 0 Å². The minimum Gasteiger partial charge on any atom is -0.271 e. The van der Waals surface area contributed by atoms with Crippen molar-refractivity contribution < 1.29 is 4.39 Å². The largest absolute Gasteiger partial charge is 0.271 e. The van der Waals surface area contributed by atoms with Crippen LogP contribution < -0.4 is 11.3 Å². The van der Waals surface area contributed by atoms with E-state index in [1.54, 1.807) is 12.1 Å². The van der Waals surface area contributed by atoms with Gasteiger partial charge in [0.2, 0.25) is 0 Å². The van der Waals surface area contributed by atoms with Crippen molar-refractivity contribution in [2.24, 2.45) is 22.6 Å². The third-order valence-corrected chi connectivity index (χ3v) is 4.85. The van der Waals surface area contributed by atoms with Crippen LogP contribution in [0.3, 0.4) is 0 Å². The molecule has 1 saturated carbocycles. The van der Waals surface area contributed by atoms with Crippen molar-refractivity contribution in [2.45, 2.75) is 33.7 Å². The summed E-state index contributed by atoms with van der Waals surface area (Å²) in [4.78, 5) is 0. The Kier molecular flexibility index (Phi) is 2.79. The first kappa shape index (κ1) is 12.5. The summed E-state index contributed by atoms with van der Waals surface area (Å²) < 4.78 is 13.3. The minimum atomic E-state index is -0.209. The monoisotopic (exact) mass is 236 g/mol.